The van der Waals surface area contributed by atoms with Crippen molar-refractivity contribution in [3.63, 3.8) is 0 Å². The number of aromatic nitrogens is 3. The summed E-state index contributed by atoms with van der Waals surface area (Å²) in [5.74, 6) is 0.231. The van der Waals surface area contributed by atoms with Gasteiger partial charge in [0.15, 0.2) is 0 Å². The van der Waals surface area contributed by atoms with Crippen LogP contribution in [-0.2, 0) is 9.59 Å². The van der Waals surface area contributed by atoms with Crippen molar-refractivity contribution in [3.05, 3.63) is 41.5 Å². The number of halogens is 1. The van der Waals surface area contributed by atoms with E-state index in [9.17, 15) is 19.1 Å². The SMILES string of the molecule is CC(C)(C)[C@@H](C(=O)N1CC(O)CC1C(=O)NC1CCSc2c(F)cccc21)n1cc(C2CC2)nn1. The normalized spacial score (nSPS) is 25.3. The van der Waals surface area contributed by atoms with Crippen molar-refractivity contribution in [1.82, 2.24) is 25.2 Å². The maximum atomic E-state index is 14.3. The van der Waals surface area contributed by atoms with Crippen LogP contribution in [0.25, 0.3) is 0 Å². The molecule has 0 bridgehead atoms. The predicted octanol–water partition coefficient (Wildman–Crippen LogP) is 3.20. The summed E-state index contributed by atoms with van der Waals surface area (Å²) in [4.78, 5) is 29.4. The number of hydrogen-bond acceptors (Lipinski definition) is 6. The van der Waals surface area contributed by atoms with Gasteiger partial charge in [-0.05, 0) is 36.3 Å². The fourth-order valence-corrected chi connectivity index (χ4v) is 6.27. The van der Waals surface area contributed by atoms with Crippen LogP contribution in [-0.4, -0.2) is 61.3 Å². The van der Waals surface area contributed by atoms with Crippen molar-refractivity contribution < 1.29 is 19.1 Å². The number of carbonyl (C=O) groups excluding carboxylic acids is 2. The molecule has 2 amide bonds. The van der Waals surface area contributed by atoms with E-state index in [1.165, 1.54) is 22.7 Å². The number of thioether (sulfide) groups is 1. The molecule has 1 saturated carbocycles. The van der Waals surface area contributed by atoms with Gasteiger partial charge in [-0.15, -0.1) is 16.9 Å². The van der Waals surface area contributed by atoms with Crippen LogP contribution in [0.15, 0.2) is 29.3 Å². The number of likely N-dealkylation sites (tertiary alicyclic amines) is 1. The number of benzene rings is 1. The summed E-state index contributed by atoms with van der Waals surface area (Å²) >= 11 is 1.45. The third-order valence-electron chi connectivity index (χ3n) is 7.05. The number of aliphatic hydroxyl groups is 1. The second-order valence-electron chi connectivity index (χ2n) is 10.9. The van der Waals surface area contributed by atoms with Crippen LogP contribution in [0.5, 0.6) is 0 Å². The molecule has 3 aliphatic rings. The number of aliphatic hydroxyl groups excluding tert-OH is 1. The summed E-state index contributed by atoms with van der Waals surface area (Å²) in [5, 5.41) is 22.0. The van der Waals surface area contributed by atoms with E-state index in [1.807, 2.05) is 33.0 Å². The highest BCUT2D eigenvalue weighted by atomic mass is 32.2. The summed E-state index contributed by atoms with van der Waals surface area (Å²) in [6.07, 6.45) is 4.05. The second-order valence-corrected chi connectivity index (χ2v) is 12.0. The minimum atomic E-state index is -0.805. The standard InChI is InChI=1S/C25H32FN5O3S/c1-25(2,3)22(31-13-19(28-29-31)14-7-8-14)24(34)30-12-15(32)11-20(30)23(33)27-18-9-10-35-21-16(18)5-4-6-17(21)26/h4-6,13-15,18,20,22,32H,7-12H2,1-3H3,(H,27,33)/t15?,18?,20?,22-/m1/s1. The number of amides is 2. The van der Waals surface area contributed by atoms with Gasteiger partial charge in [0, 0.05) is 35.7 Å². The third kappa shape index (κ3) is 4.82. The molecular weight excluding hydrogens is 469 g/mol. The van der Waals surface area contributed by atoms with Gasteiger partial charge in [0.1, 0.15) is 17.9 Å². The zero-order chi connectivity index (χ0) is 24.9. The molecule has 35 heavy (non-hydrogen) atoms. The Kier molecular flexibility index (Phi) is 6.37. The zero-order valence-electron chi connectivity index (χ0n) is 20.3. The van der Waals surface area contributed by atoms with Crippen molar-refractivity contribution in [3.8, 4) is 0 Å². The maximum absolute atomic E-state index is 14.3. The van der Waals surface area contributed by atoms with Gasteiger partial charge in [0.2, 0.25) is 11.8 Å². The largest absolute Gasteiger partial charge is 0.391 e. The van der Waals surface area contributed by atoms with E-state index in [2.05, 4.69) is 15.6 Å². The number of nitrogens with zero attached hydrogens (tertiary/aromatic N) is 4. The van der Waals surface area contributed by atoms with Gasteiger partial charge in [0.25, 0.3) is 0 Å². The minimum absolute atomic E-state index is 0.0828. The molecule has 0 radical (unpaired) electrons. The van der Waals surface area contributed by atoms with Crippen molar-refractivity contribution >= 4 is 23.6 Å². The molecule has 188 valence electrons. The molecular formula is C25H32FN5O3S. The summed E-state index contributed by atoms with van der Waals surface area (Å²) < 4.78 is 15.9. The van der Waals surface area contributed by atoms with Gasteiger partial charge < -0.3 is 15.3 Å². The van der Waals surface area contributed by atoms with Crippen LogP contribution < -0.4 is 5.32 Å². The number of fused-ring (bicyclic) bond motifs is 1. The lowest BCUT2D eigenvalue weighted by Crippen LogP contribution is -2.51. The van der Waals surface area contributed by atoms with Crippen LogP contribution >= 0.6 is 11.8 Å². The molecule has 2 N–H and O–H groups in total. The second kappa shape index (κ2) is 9.20. The molecule has 8 nitrogen and oxygen atoms in total. The van der Waals surface area contributed by atoms with Crippen molar-refractivity contribution in [2.45, 2.75) is 81.5 Å². The summed E-state index contributed by atoms with van der Waals surface area (Å²) in [5.41, 5.74) is 1.16. The van der Waals surface area contributed by atoms with E-state index in [4.69, 9.17) is 0 Å². The highest BCUT2D eigenvalue weighted by molar-refractivity contribution is 7.99. The fourth-order valence-electron chi connectivity index (χ4n) is 5.13. The molecule has 10 heteroatoms. The average Bonchev–Trinajstić information content (AvgIpc) is 3.40. The van der Waals surface area contributed by atoms with E-state index in [1.54, 1.807) is 10.7 Å². The highest BCUT2D eigenvalue weighted by Crippen LogP contribution is 2.41. The first-order chi connectivity index (χ1) is 16.6. The van der Waals surface area contributed by atoms with Crippen molar-refractivity contribution in [1.29, 1.82) is 0 Å². The maximum Gasteiger partial charge on any atom is 0.248 e. The van der Waals surface area contributed by atoms with E-state index >= 15 is 0 Å². The number of β-amino-alcohol motifs (C(OH)–C–C–N with tert-alkyl or cyclic N) is 1. The molecule has 3 unspecified atom stereocenters. The van der Waals surface area contributed by atoms with Gasteiger partial charge in [-0.3, -0.25) is 9.59 Å². The molecule has 5 rings (SSSR count). The van der Waals surface area contributed by atoms with Gasteiger partial charge in [-0.25, -0.2) is 9.07 Å². The van der Waals surface area contributed by atoms with Crippen LogP contribution in [0, 0.1) is 11.2 Å². The Balaban J connectivity index is 1.37. The topological polar surface area (TPSA) is 100 Å². The lowest BCUT2D eigenvalue weighted by atomic mass is 9.85. The van der Waals surface area contributed by atoms with E-state index in [-0.39, 0.29) is 36.6 Å². The lowest BCUT2D eigenvalue weighted by molar-refractivity contribution is -0.144. The fraction of sp³-hybridized carbons (Fsp3) is 0.600. The Morgan fingerprint density at radius 3 is 2.74 bits per heavy atom. The molecule has 3 heterocycles. The average molecular weight is 502 g/mol. The van der Waals surface area contributed by atoms with E-state index in [0.29, 0.717) is 23.0 Å². The van der Waals surface area contributed by atoms with Gasteiger partial charge in [-0.2, -0.15) is 0 Å². The quantitative estimate of drug-likeness (QED) is 0.653. The Hall–Kier alpha value is -2.46. The predicted molar refractivity (Wildman–Crippen MR) is 129 cm³/mol. The smallest absolute Gasteiger partial charge is 0.248 e. The van der Waals surface area contributed by atoms with Crippen LogP contribution in [0.2, 0.25) is 0 Å². The van der Waals surface area contributed by atoms with E-state index in [0.717, 1.165) is 24.1 Å². The van der Waals surface area contributed by atoms with Gasteiger partial charge in [0.05, 0.1) is 17.8 Å². The molecule has 2 aliphatic heterocycles. The Bertz CT molecular complexity index is 1130. The van der Waals surface area contributed by atoms with E-state index < -0.39 is 23.6 Å². The van der Waals surface area contributed by atoms with Crippen LogP contribution in [0.1, 0.15) is 75.7 Å². The van der Waals surface area contributed by atoms with Gasteiger partial charge >= 0.3 is 0 Å². The lowest BCUT2D eigenvalue weighted by Gasteiger charge is -2.35. The molecule has 4 atom stereocenters. The first kappa shape index (κ1) is 24.2. The first-order valence-corrected chi connectivity index (χ1v) is 13.2. The summed E-state index contributed by atoms with van der Waals surface area (Å²) in [7, 11) is 0. The minimum Gasteiger partial charge on any atom is -0.391 e. The molecule has 1 saturated heterocycles. The summed E-state index contributed by atoms with van der Waals surface area (Å²) in [6.45, 7) is 5.96. The molecule has 2 aromatic rings. The Morgan fingerprint density at radius 1 is 1.26 bits per heavy atom. The van der Waals surface area contributed by atoms with Crippen molar-refractivity contribution in [2.75, 3.05) is 12.3 Å². The van der Waals surface area contributed by atoms with Gasteiger partial charge in [-0.1, -0.05) is 38.1 Å². The first-order valence-electron chi connectivity index (χ1n) is 12.3. The Morgan fingerprint density at radius 2 is 2.03 bits per heavy atom. The zero-order valence-corrected chi connectivity index (χ0v) is 21.1. The molecule has 0 spiro atoms. The molecule has 1 aliphatic carbocycles. The Labute approximate surface area is 208 Å². The molecule has 2 fully saturated rings. The van der Waals surface area contributed by atoms with Crippen molar-refractivity contribution in [2.24, 2.45) is 5.41 Å². The number of nitrogens with one attached hydrogen (secondary N) is 1. The monoisotopic (exact) mass is 501 g/mol. The number of hydrogen-bond donors (Lipinski definition) is 2. The highest BCUT2D eigenvalue weighted by Gasteiger charge is 2.46. The molecule has 1 aromatic carbocycles. The number of rotatable bonds is 5. The van der Waals surface area contributed by atoms with Crippen LogP contribution in [0.4, 0.5) is 4.39 Å². The number of carbonyl (C=O) groups is 2. The third-order valence-corrected chi connectivity index (χ3v) is 8.21. The molecule has 1 aromatic heterocycles. The van der Waals surface area contributed by atoms with Crippen LogP contribution in [0.3, 0.4) is 0 Å². The summed E-state index contributed by atoms with van der Waals surface area (Å²) in [6, 6.07) is 3.11.